The van der Waals surface area contributed by atoms with E-state index in [0.717, 1.165) is 10.4 Å². The van der Waals surface area contributed by atoms with Gasteiger partial charge in [0.05, 0.1) is 17.6 Å². The molecule has 0 aromatic heterocycles. The first-order valence-corrected chi connectivity index (χ1v) is 8.94. The Bertz CT molecular complexity index is 886. The third kappa shape index (κ3) is 3.53. The predicted octanol–water partition coefficient (Wildman–Crippen LogP) is 2.50. The van der Waals surface area contributed by atoms with Crippen molar-refractivity contribution >= 4 is 15.7 Å². The zero-order valence-corrected chi connectivity index (χ0v) is 13.9. The van der Waals surface area contributed by atoms with Gasteiger partial charge in [0.25, 0.3) is 5.69 Å². The maximum atomic E-state index is 13.1. The maximum absolute atomic E-state index is 13.1. The fourth-order valence-electron chi connectivity index (χ4n) is 2.69. The predicted molar refractivity (Wildman–Crippen MR) is 86.9 cm³/mol. The molecule has 2 aromatic carbocycles. The van der Waals surface area contributed by atoms with E-state index in [-0.39, 0.29) is 24.6 Å². The Kier molecular flexibility index (Phi) is 4.80. The molecule has 7 nitrogen and oxygen atoms in total. The summed E-state index contributed by atoms with van der Waals surface area (Å²) in [6.45, 7) is 0.230. The number of nitrogens with zero attached hydrogens (tertiary/aromatic N) is 2. The number of nitro groups is 1. The second-order valence-corrected chi connectivity index (χ2v) is 7.41. The lowest BCUT2D eigenvalue weighted by atomic mass is 10.1. The zero-order valence-electron chi connectivity index (χ0n) is 13.0. The summed E-state index contributed by atoms with van der Waals surface area (Å²) in [5.41, 5.74) is 0.177. The molecule has 2 aromatic rings. The summed E-state index contributed by atoms with van der Waals surface area (Å²) in [5, 5.41) is 11.1. The first kappa shape index (κ1) is 17.5. The van der Waals surface area contributed by atoms with Crippen LogP contribution in [0.2, 0.25) is 0 Å². The van der Waals surface area contributed by atoms with Crippen molar-refractivity contribution < 1.29 is 22.5 Å². The monoisotopic (exact) mass is 366 g/mol. The number of sulfonamides is 1. The highest BCUT2D eigenvalue weighted by atomic mass is 32.2. The van der Waals surface area contributed by atoms with E-state index in [1.807, 2.05) is 0 Å². The molecule has 3 rings (SSSR count). The van der Waals surface area contributed by atoms with Crippen LogP contribution in [-0.2, 0) is 14.8 Å². The molecule has 0 bridgehead atoms. The van der Waals surface area contributed by atoms with Gasteiger partial charge in [-0.1, -0.05) is 24.3 Å². The van der Waals surface area contributed by atoms with Gasteiger partial charge < -0.3 is 4.74 Å². The Balaban J connectivity index is 1.90. The lowest BCUT2D eigenvalue weighted by molar-refractivity contribution is -0.387. The Morgan fingerprint density at radius 3 is 2.52 bits per heavy atom. The first-order chi connectivity index (χ1) is 11.9. The molecule has 0 radical (unpaired) electrons. The molecule has 1 fully saturated rings. The summed E-state index contributed by atoms with van der Waals surface area (Å²) in [4.78, 5) is 10.1. The SMILES string of the molecule is O=[N+]([O-])c1ccccc1S(=O)(=O)N1CCO[C@H](c2ccc(F)cc2)C1. The average Bonchev–Trinajstić information content (AvgIpc) is 2.62. The van der Waals surface area contributed by atoms with Crippen LogP contribution in [0.4, 0.5) is 10.1 Å². The summed E-state index contributed by atoms with van der Waals surface area (Å²) >= 11 is 0. The Hall–Kier alpha value is -2.36. The summed E-state index contributed by atoms with van der Waals surface area (Å²) in [5.74, 6) is -0.399. The van der Waals surface area contributed by atoms with Crippen LogP contribution in [0, 0.1) is 15.9 Å². The normalized spacial score (nSPS) is 18.8. The quantitative estimate of drug-likeness (QED) is 0.613. The molecule has 0 N–H and O–H groups in total. The van der Waals surface area contributed by atoms with Crippen molar-refractivity contribution in [2.24, 2.45) is 0 Å². The summed E-state index contributed by atoms with van der Waals surface area (Å²) < 4.78 is 45.5. The summed E-state index contributed by atoms with van der Waals surface area (Å²) in [7, 11) is -4.05. The van der Waals surface area contributed by atoms with E-state index in [9.17, 15) is 22.9 Å². The molecule has 0 spiro atoms. The number of morpholine rings is 1. The molecule has 25 heavy (non-hydrogen) atoms. The largest absolute Gasteiger partial charge is 0.371 e. The van der Waals surface area contributed by atoms with E-state index in [0.29, 0.717) is 5.56 Å². The van der Waals surface area contributed by atoms with E-state index in [1.165, 1.54) is 42.5 Å². The third-order valence-electron chi connectivity index (χ3n) is 3.95. The lowest BCUT2D eigenvalue weighted by Gasteiger charge is -2.32. The van der Waals surface area contributed by atoms with Crippen molar-refractivity contribution in [1.82, 2.24) is 4.31 Å². The number of hydrogen-bond donors (Lipinski definition) is 0. The van der Waals surface area contributed by atoms with Gasteiger partial charge in [-0.3, -0.25) is 10.1 Å². The molecular formula is C16H15FN2O5S. The molecular weight excluding hydrogens is 351 g/mol. The van der Waals surface area contributed by atoms with Gasteiger partial charge in [-0.25, -0.2) is 12.8 Å². The molecule has 1 atom stereocenters. The first-order valence-electron chi connectivity index (χ1n) is 7.50. The van der Waals surface area contributed by atoms with Crippen molar-refractivity contribution in [3.8, 4) is 0 Å². The number of hydrogen-bond acceptors (Lipinski definition) is 5. The van der Waals surface area contributed by atoms with E-state index in [4.69, 9.17) is 4.74 Å². The van der Waals surface area contributed by atoms with Crippen LogP contribution in [0.3, 0.4) is 0 Å². The highest BCUT2D eigenvalue weighted by Gasteiger charge is 2.35. The Morgan fingerprint density at radius 2 is 1.84 bits per heavy atom. The van der Waals surface area contributed by atoms with E-state index in [1.54, 1.807) is 0 Å². The average molecular weight is 366 g/mol. The van der Waals surface area contributed by atoms with Gasteiger partial charge in [-0.2, -0.15) is 4.31 Å². The van der Waals surface area contributed by atoms with Gasteiger partial charge >= 0.3 is 0 Å². The van der Waals surface area contributed by atoms with Crippen molar-refractivity contribution in [3.63, 3.8) is 0 Å². The minimum Gasteiger partial charge on any atom is -0.371 e. The van der Waals surface area contributed by atoms with Crippen LogP contribution < -0.4 is 0 Å². The molecule has 9 heteroatoms. The number of nitro benzene ring substituents is 1. The van der Waals surface area contributed by atoms with Crippen molar-refractivity contribution in [2.45, 2.75) is 11.0 Å². The smallest absolute Gasteiger partial charge is 0.289 e. The number of para-hydroxylation sites is 1. The topological polar surface area (TPSA) is 89.8 Å². The number of halogens is 1. The molecule has 1 saturated heterocycles. The van der Waals surface area contributed by atoms with Gasteiger partial charge in [0.2, 0.25) is 10.0 Å². The fourth-order valence-corrected chi connectivity index (χ4v) is 4.27. The minimum atomic E-state index is -4.05. The molecule has 0 unspecified atom stereocenters. The highest BCUT2D eigenvalue weighted by molar-refractivity contribution is 7.89. The number of benzene rings is 2. The van der Waals surface area contributed by atoms with Crippen LogP contribution in [0.5, 0.6) is 0 Å². The van der Waals surface area contributed by atoms with Crippen LogP contribution in [-0.4, -0.2) is 37.3 Å². The fraction of sp³-hybridized carbons (Fsp3) is 0.250. The van der Waals surface area contributed by atoms with Crippen molar-refractivity contribution in [1.29, 1.82) is 0 Å². The molecule has 1 aliphatic rings. The van der Waals surface area contributed by atoms with Gasteiger partial charge in [0.1, 0.15) is 5.82 Å². The zero-order chi connectivity index (χ0) is 18.0. The summed E-state index contributed by atoms with van der Waals surface area (Å²) in [6, 6.07) is 10.8. The van der Waals surface area contributed by atoms with Crippen molar-refractivity contribution in [2.75, 3.05) is 19.7 Å². The van der Waals surface area contributed by atoms with Gasteiger partial charge in [-0.05, 0) is 23.8 Å². The summed E-state index contributed by atoms with van der Waals surface area (Å²) in [6.07, 6.45) is -0.563. The second-order valence-electron chi connectivity index (χ2n) is 5.50. The molecule has 0 saturated carbocycles. The maximum Gasteiger partial charge on any atom is 0.289 e. The lowest BCUT2D eigenvalue weighted by Crippen LogP contribution is -2.42. The minimum absolute atomic E-state index is 0.0000142. The van der Waals surface area contributed by atoms with Gasteiger partial charge in [0.15, 0.2) is 4.90 Å². The van der Waals surface area contributed by atoms with E-state index >= 15 is 0 Å². The van der Waals surface area contributed by atoms with Gasteiger partial charge in [-0.15, -0.1) is 0 Å². The standard InChI is InChI=1S/C16H15FN2O5S/c17-13-7-5-12(6-8-13)15-11-18(9-10-24-15)25(22,23)16-4-2-1-3-14(16)19(20)21/h1-8,15H,9-11H2/t15-/m0/s1. The highest BCUT2D eigenvalue weighted by Crippen LogP contribution is 2.30. The van der Waals surface area contributed by atoms with Crippen LogP contribution in [0.25, 0.3) is 0 Å². The van der Waals surface area contributed by atoms with Crippen LogP contribution in [0.1, 0.15) is 11.7 Å². The van der Waals surface area contributed by atoms with E-state index in [2.05, 4.69) is 0 Å². The van der Waals surface area contributed by atoms with Crippen molar-refractivity contribution in [3.05, 3.63) is 70.0 Å². The third-order valence-corrected chi connectivity index (χ3v) is 5.86. The second kappa shape index (κ2) is 6.87. The number of ether oxygens (including phenoxy) is 1. The molecule has 1 heterocycles. The Labute approximate surface area is 143 Å². The van der Waals surface area contributed by atoms with Crippen LogP contribution in [0.15, 0.2) is 53.4 Å². The Morgan fingerprint density at radius 1 is 1.16 bits per heavy atom. The molecule has 0 amide bonds. The van der Waals surface area contributed by atoms with E-state index < -0.39 is 32.6 Å². The van der Waals surface area contributed by atoms with Gasteiger partial charge in [0, 0.05) is 19.2 Å². The molecule has 0 aliphatic carbocycles. The molecule has 1 aliphatic heterocycles. The molecule has 132 valence electrons. The van der Waals surface area contributed by atoms with Crippen LogP contribution >= 0.6 is 0 Å². The number of rotatable bonds is 4.